The van der Waals surface area contributed by atoms with Crippen LogP contribution in [0.2, 0.25) is 0 Å². The molecule has 2 heteroatoms. The lowest BCUT2D eigenvalue weighted by Gasteiger charge is -2.07. The van der Waals surface area contributed by atoms with Gasteiger partial charge in [-0.05, 0) is 49.8 Å². The molecule has 0 saturated heterocycles. The first-order chi connectivity index (χ1) is 6.18. The van der Waals surface area contributed by atoms with Crippen LogP contribution < -0.4 is 0 Å². The molecule has 1 aliphatic carbocycles. The molecule has 0 aliphatic heterocycles. The lowest BCUT2D eigenvalue weighted by atomic mass is 10.1. The zero-order chi connectivity index (χ0) is 9.42. The lowest BCUT2D eigenvalue weighted by molar-refractivity contribution is 0.986. The van der Waals surface area contributed by atoms with Crippen LogP contribution in [0.25, 0.3) is 0 Å². The van der Waals surface area contributed by atoms with Crippen molar-refractivity contribution in [2.75, 3.05) is 0 Å². The number of hydrogen-bond acceptors (Lipinski definition) is 1. The maximum atomic E-state index is 4.49. The Morgan fingerprint density at radius 2 is 2.23 bits per heavy atom. The summed E-state index contributed by atoms with van der Waals surface area (Å²) in [7, 11) is 0. The van der Waals surface area contributed by atoms with E-state index in [0.717, 1.165) is 5.92 Å². The second kappa shape index (κ2) is 3.56. The molecule has 13 heavy (non-hydrogen) atoms. The molecule has 0 aromatic carbocycles. The molecule has 2 rings (SSSR count). The van der Waals surface area contributed by atoms with E-state index in [4.69, 9.17) is 0 Å². The number of hydrogen-bond donors (Lipinski definition) is 0. The monoisotopic (exact) mass is 287 g/mol. The summed E-state index contributed by atoms with van der Waals surface area (Å²) in [5.41, 5.74) is 4.11. The first-order valence-electron chi connectivity index (χ1n) is 4.79. The maximum Gasteiger partial charge on any atom is 0.0532 e. The molecule has 0 radical (unpaired) electrons. The average Bonchev–Trinajstić information content (AvgIpc) is 2.87. The standard InChI is InChI=1S/C11H14IN/c1-7-5-11(8(2)12)13-6-10(7)9-3-4-9/h5-6,8-9H,3-4H2,1-2H3. The summed E-state index contributed by atoms with van der Waals surface area (Å²) in [5.74, 6) is 0.825. The van der Waals surface area contributed by atoms with Crippen LogP contribution in [0.4, 0.5) is 0 Å². The highest BCUT2D eigenvalue weighted by Crippen LogP contribution is 2.41. The van der Waals surface area contributed by atoms with E-state index < -0.39 is 0 Å². The second-order valence-electron chi connectivity index (χ2n) is 3.86. The van der Waals surface area contributed by atoms with Crippen molar-refractivity contribution in [3.8, 4) is 0 Å². The van der Waals surface area contributed by atoms with Gasteiger partial charge in [0.25, 0.3) is 0 Å². The quantitative estimate of drug-likeness (QED) is 0.596. The summed E-state index contributed by atoms with van der Waals surface area (Å²) < 4.78 is 0.518. The number of halogens is 1. The minimum Gasteiger partial charge on any atom is -0.260 e. The molecule has 0 spiro atoms. The fourth-order valence-electron chi connectivity index (χ4n) is 1.63. The molecule has 0 bridgehead atoms. The molecule has 1 aliphatic rings. The van der Waals surface area contributed by atoms with Crippen LogP contribution in [0, 0.1) is 6.92 Å². The van der Waals surface area contributed by atoms with Gasteiger partial charge in [0.1, 0.15) is 0 Å². The molecule has 70 valence electrons. The van der Waals surface area contributed by atoms with Crippen LogP contribution in [-0.4, -0.2) is 4.98 Å². The number of aryl methyl sites for hydroxylation is 1. The van der Waals surface area contributed by atoms with Crippen molar-refractivity contribution in [3.63, 3.8) is 0 Å². The molecule has 1 unspecified atom stereocenters. The molecule has 0 N–H and O–H groups in total. The van der Waals surface area contributed by atoms with Gasteiger partial charge in [-0.1, -0.05) is 22.6 Å². The number of aromatic nitrogens is 1. The van der Waals surface area contributed by atoms with Gasteiger partial charge in [-0.25, -0.2) is 0 Å². The van der Waals surface area contributed by atoms with E-state index in [1.807, 2.05) is 0 Å². The molecule has 0 amide bonds. The van der Waals surface area contributed by atoms with E-state index >= 15 is 0 Å². The van der Waals surface area contributed by atoms with Crippen LogP contribution in [0.5, 0.6) is 0 Å². The van der Waals surface area contributed by atoms with Gasteiger partial charge < -0.3 is 0 Å². The van der Waals surface area contributed by atoms with Crippen molar-refractivity contribution in [3.05, 3.63) is 29.1 Å². The zero-order valence-corrected chi connectivity index (χ0v) is 10.2. The van der Waals surface area contributed by atoms with E-state index in [-0.39, 0.29) is 0 Å². The summed E-state index contributed by atoms with van der Waals surface area (Å²) in [5, 5.41) is 0. The van der Waals surface area contributed by atoms with Crippen molar-refractivity contribution < 1.29 is 0 Å². The van der Waals surface area contributed by atoms with Crippen LogP contribution in [-0.2, 0) is 0 Å². The first-order valence-corrected chi connectivity index (χ1v) is 6.03. The van der Waals surface area contributed by atoms with E-state index in [0.29, 0.717) is 3.92 Å². The Balaban J connectivity index is 2.31. The molecular weight excluding hydrogens is 273 g/mol. The number of rotatable bonds is 2. The fourth-order valence-corrected chi connectivity index (χ4v) is 1.97. The highest BCUT2D eigenvalue weighted by Gasteiger charge is 2.25. The minimum atomic E-state index is 0.518. The van der Waals surface area contributed by atoms with Crippen molar-refractivity contribution >= 4 is 22.6 Å². The van der Waals surface area contributed by atoms with Crippen molar-refractivity contribution in [1.29, 1.82) is 0 Å². The summed E-state index contributed by atoms with van der Waals surface area (Å²) in [4.78, 5) is 4.49. The molecule has 1 saturated carbocycles. The zero-order valence-electron chi connectivity index (χ0n) is 8.05. The Labute approximate surface area is 93.1 Å². The molecule has 1 aromatic heterocycles. The van der Waals surface area contributed by atoms with Gasteiger partial charge in [-0.2, -0.15) is 0 Å². The smallest absolute Gasteiger partial charge is 0.0532 e. The van der Waals surface area contributed by atoms with Gasteiger partial charge in [0, 0.05) is 6.20 Å². The van der Waals surface area contributed by atoms with Crippen molar-refractivity contribution in [2.24, 2.45) is 0 Å². The first kappa shape index (κ1) is 9.44. The third-order valence-corrected chi connectivity index (χ3v) is 3.24. The predicted octanol–water partition coefficient (Wildman–Crippen LogP) is 3.76. The van der Waals surface area contributed by atoms with Gasteiger partial charge in [-0.15, -0.1) is 0 Å². The van der Waals surface area contributed by atoms with Gasteiger partial charge in [0.15, 0.2) is 0 Å². The van der Waals surface area contributed by atoms with Crippen molar-refractivity contribution in [1.82, 2.24) is 4.98 Å². The van der Waals surface area contributed by atoms with Gasteiger partial charge in [0.05, 0.1) is 9.62 Å². The molecule has 1 fully saturated rings. The summed E-state index contributed by atoms with van der Waals surface area (Å²) in [6.07, 6.45) is 4.81. The second-order valence-corrected chi connectivity index (χ2v) is 5.72. The topological polar surface area (TPSA) is 12.9 Å². The van der Waals surface area contributed by atoms with Crippen LogP contribution in [0.3, 0.4) is 0 Å². The Bertz CT molecular complexity index is 316. The van der Waals surface area contributed by atoms with Crippen LogP contribution in [0.1, 0.15) is 46.4 Å². The van der Waals surface area contributed by atoms with Crippen LogP contribution >= 0.6 is 22.6 Å². The maximum absolute atomic E-state index is 4.49. The number of pyridine rings is 1. The molecule has 1 heterocycles. The van der Waals surface area contributed by atoms with Gasteiger partial charge in [0.2, 0.25) is 0 Å². The molecular formula is C11H14IN. The Kier molecular flexibility index (Phi) is 2.58. The summed E-state index contributed by atoms with van der Waals surface area (Å²) in [6.45, 7) is 4.39. The fraction of sp³-hybridized carbons (Fsp3) is 0.545. The number of alkyl halides is 1. The Hall–Kier alpha value is -0.120. The molecule has 1 atom stereocenters. The molecule has 1 aromatic rings. The highest BCUT2D eigenvalue weighted by molar-refractivity contribution is 14.1. The Morgan fingerprint density at radius 3 is 2.69 bits per heavy atom. The van der Waals surface area contributed by atoms with Crippen molar-refractivity contribution in [2.45, 2.75) is 36.5 Å². The van der Waals surface area contributed by atoms with Gasteiger partial charge >= 0.3 is 0 Å². The summed E-state index contributed by atoms with van der Waals surface area (Å²) >= 11 is 2.41. The highest BCUT2D eigenvalue weighted by atomic mass is 127. The average molecular weight is 287 g/mol. The normalized spacial score (nSPS) is 18.7. The number of nitrogens with zero attached hydrogens (tertiary/aromatic N) is 1. The summed E-state index contributed by atoms with van der Waals surface area (Å²) in [6, 6.07) is 2.24. The SMILES string of the molecule is Cc1cc(C(C)I)ncc1C1CC1. The van der Waals surface area contributed by atoms with E-state index in [1.54, 1.807) is 0 Å². The van der Waals surface area contributed by atoms with E-state index in [9.17, 15) is 0 Å². The van der Waals surface area contributed by atoms with E-state index in [2.05, 4.69) is 53.7 Å². The third kappa shape index (κ3) is 2.03. The largest absolute Gasteiger partial charge is 0.260 e. The van der Waals surface area contributed by atoms with E-state index in [1.165, 1.54) is 29.7 Å². The Morgan fingerprint density at radius 1 is 1.54 bits per heavy atom. The lowest BCUT2D eigenvalue weighted by Crippen LogP contribution is -1.94. The van der Waals surface area contributed by atoms with Gasteiger partial charge in [-0.3, -0.25) is 4.98 Å². The van der Waals surface area contributed by atoms with Crippen LogP contribution in [0.15, 0.2) is 12.3 Å². The minimum absolute atomic E-state index is 0.518. The molecule has 1 nitrogen and oxygen atoms in total. The third-order valence-electron chi connectivity index (χ3n) is 2.60. The predicted molar refractivity (Wildman–Crippen MR) is 63.4 cm³/mol.